The maximum Gasteiger partial charge on any atom is 0.334 e. The van der Waals surface area contributed by atoms with Crippen LogP contribution in [0.2, 0.25) is 0 Å². The zero-order valence-corrected chi connectivity index (χ0v) is 15.2. The van der Waals surface area contributed by atoms with Crippen molar-refractivity contribution in [1.82, 2.24) is 0 Å². The molecule has 25 heavy (non-hydrogen) atoms. The molecule has 1 fully saturated rings. The Balaban J connectivity index is 2.27. The molecular formula is C19H28O6. The van der Waals surface area contributed by atoms with Crippen molar-refractivity contribution in [2.45, 2.75) is 52.2 Å². The van der Waals surface area contributed by atoms with Gasteiger partial charge < -0.3 is 19.7 Å². The minimum Gasteiger partial charge on any atom is -0.461 e. The highest BCUT2D eigenvalue weighted by atomic mass is 16.6. The lowest BCUT2D eigenvalue weighted by Gasteiger charge is -2.36. The van der Waals surface area contributed by atoms with Gasteiger partial charge in [-0.15, -0.1) is 0 Å². The van der Waals surface area contributed by atoms with Gasteiger partial charge in [0.05, 0.1) is 17.9 Å². The summed E-state index contributed by atoms with van der Waals surface area (Å²) in [5.41, 5.74) is 1.88. The smallest absolute Gasteiger partial charge is 0.334 e. The average Bonchev–Trinajstić information content (AvgIpc) is 2.84. The summed E-state index contributed by atoms with van der Waals surface area (Å²) in [5, 5.41) is 20.0. The van der Waals surface area contributed by atoms with Gasteiger partial charge in [0.2, 0.25) is 0 Å². The van der Waals surface area contributed by atoms with E-state index in [1.165, 1.54) is 0 Å². The summed E-state index contributed by atoms with van der Waals surface area (Å²) in [6, 6.07) is 0. The normalized spacial score (nSPS) is 27.4. The molecule has 0 radical (unpaired) electrons. The van der Waals surface area contributed by atoms with E-state index in [0.29, 0.717) is 24.8 Å². The van der Waals surface area contributed by atoms with E-state index in [9.17, 15) is 14.7 Å². The average molecular weight is 352 g/mol. The lowest BCUT2D eigenvalue weighted by atomic mass is 9.73. The molecule has 1 saturated heterocycles. The van der Waals surface area contributed by atoms with E-state index in [4.69, 9.17) is 14.6 Å². The van der Waals surface area contributed by atoms with Crippen LogP contribution in [0.25, 0.3) is 0 Å². The molecule has 2 aliphatic rings. The van der Waals surface area contributed by atoms with Gasteiger partial charge in [-0.1, -0.05) is 27.4 Å². The number of hydrogen-bond acceptors (Lipinski definition) is 6. The Hall–Kier alpha value is -1.66. The Bertz CT molecular complexity index is 576. The van der Waals surface area contributed by atoms with E-state index in [1.807, 2.05) is 6.92 Å². The molecule has 6 nitrogen and oxygen atoms in total. The number of hydrogen-bond donors (Lipinski definition) is 2. The molecule has 0 unspecified atom stereocenters. The van der Waals surface area contributed by atoms with Crippen molar-refractivity contribution in [3.8, 4) is 0 Å². The predicted octanol–water partition coefficient (Wildman–Crippen LogP) is 1.75. The maximum atomic E-state index is 11.8. The van der Waals surface area contributed by atoms with Crippen LogP contribution in [0.15, 0.2) is 23.3 Å². The van der Waals surface area contributed by atoms with Gasteiger partial charge in [0.15, 0.2) is 0 Å². The van der Waals surface area contributed by atoms with Crippen molar-refractivity contribution in [1.29, 1.82) is 0 Å². The van der Waals surface area contributed by atoms with E-state index in [0.717, 1.165) is 11.1 Å². The first-order valence-electron chi connectivity index (χ1n) is 8.85. The summed E-state index contributed by atoms with van der Waals surface area (Å²) < 4.78 is 10.7. The van der Waals surface area contributed by atoms with Gasteiger partial charge in [0.25, 0.3) is 0 Å². The second-order valence-electron chi connectivity index (χ2n) is 7.23. The van der Waals surface area contributed by atoms with Crippen molar-refractivity contribution >= 4 is 11.9 Å². The number of carbonyl (C=O) groups excluding carboxylic acids is 2. The van der Waals surface area contributed by atoms with Gasteiger partial charge in [-0.25, -0.2) is 4.79 Å². The molecule has 2 N–H and O–H groups in total. The van der Waals surface area contributed by atoms with Crippen molar-refractivity contribution < 1.29 is 29.3 Å². The Labute approximate surface area is 148 Å². The molecule has 0 amide bonds. The fraction of sp³-hybridized carbons (Fsp3) is 0.684. The largest absolute Gasteiger partial charge is 0.461 e. The van der Waals surface area contributed by atoms with Crippen LogP contribution in [0.4, 0.5) is 0 Å². The molecule has 6 heteroatoms. The molecule has 0 bridgehead atoms. The second-order valence-corrected chi connectivity index (χ2v) is 7.23. The fourth-order valence-corrected chi connectivity index (χ4v) is 3.63. The molecule has 1 heterocycles. The molecule has 140 valence electrons. The molecule has 1 aliphatic heterocycles. The van der Waals surface area contributed by atoms with Crippen LogP contribution < -0.4 is 0 Å². The first-order chi connectivity index (χ1) is 11.8. The van der Waals surface area contributed by atoms with Crippen LogP contribution in [-0.2, 0) is 19.1 Å². The number of esters is 2. The topological polar surface area (TPSA) is 93.1 Å². The van der Waals surface area contributed by atoms with E-state index >= 15 is 0 Å². The molecule has 0 aromatic rings. The Morgan fingerprint density at radius 1 is 1.40 bits per heavy atom. The monoisotopic (exact) mass is 352 g/mol. The van der Waals surface area contributed by atoms with Gasteiger partial charge in [-0.2, -0.15) is 0 Å². The minimum absolute atomic E-state index is 0.000598. The van der Waals surface area contributed by atoms with Crippen LogP contribution >= 0.6 is 0 Å². The van der Waals surface area contributed by atoms with E-state index in [-0.39, 0.29) is 31.0 Å². The van der Waals surface area contributed by atoms with Gasteiger partial charge in [-0.3, -0.25) is 4.79 Å². The van der Waals surface area contributed by atoms with Gasteiger partial charge in [-0.05, 0) is 29.9 Å². The highest BCUT2D eigenvalue weighted by Gasteiger charge is 2.48. The molecule has 2 rings (SSSR count). The van der Waals surface area contributed by atoms with Crippen molar-refractivity contribution in [2.75, 3.05) is 13.2 Å². The van der Waals surface area contributed by atoms with Crippen LogP contribution in [-0.4, -0.2) is 47.6 Å². The summed E-state index contributed by atoms with van der Waals surface area (Å²) in [7, 11) is 0. The van der Waals surface area contributed by atoms with E-state index < -0.39 is 24.1 Å². The lowest BCUT2D eigenvalue weighted by molar-refractivity contribution is -0.147. The number of ether oxygens (including phenoxy) is 2. The van der Waals surface area contributed by atoms with E-state index in [2.05, 4.69) is 6.58 Å². The van der Waals surface area contributed by atoms with Crippen LogP contribution in [0, 0.1) is 17.8 Å². The van der Waals surface area contributed by atoms with Crippen molar-refractivity contribution in [3.05, 3.63) is 23.3 Å². The molecule has 1 aliphatic carbocycles. The lowest BCUT2D eigenvalue weighted by Crippen LogP contribution is -2.39. The summed E-state index contributed by atoms with van der Waals surface area (Å²) in [6.07, 6.45) is 0.386. The molecule has 0 saturated carbocycles. The first kappa shape index (κ1) is 19.7. The molecule has 4 atom stereocenters. The number of aliphatic hydroxyl groups excluding tert-OH is 2. The summed E-state index contributed by atoms with van der Waals surface area (Å²) in [6.45, 7) is 9.42. The number of fused-ring (bicyclic) bond motifs is 1. The van der Waals surface area contributed by atoms with Crippen LogP contribution in [0.3, 0.4) is 0 Å². The van der Waals surface area contributed by atoms with Crippen molar-refractivity contribution in [3.63, 3.8) is 0 Å². The fourth-order valence-electron chi connectivity index (χ4n) is 3.63. The minimum atomic E-state index is -0.890. The molecular weight excluding hydrogens is 324 g/mol. The Kier molecular flexibility index (Phi) is 6.41. The van der Waals surface area contributed by atoms with Gasteiger partial charge in [0.1, 0.15) is 12.7 Å². The van der Waals surface area contributed by atoms with Crippen LogP contribution in [0.5, 0.6) is 0 Å². The first-order valence-corrected chi connectivity index (χ1v) is 8.85. The number of carbonyl (C=O) groups is 2. The third-order valence-electron chi connectivity index (χ3n) is 5.02. The van der Waals surface area contributed by atoms with Gasteiger partial charge >= 0.3 is 11.9 Å². The summed E-state index contributed by atoms with van der Waals surface area (Å²) in [5.74, 6) is -1.47. The SMILES string of the molecule is C=C1C(=O)O[C@@H]2CC(COC(=O)C(C)C)=C([C@@H](C)CCCO)[C@@H](O)[C@@H]12. The number of rotatable bonds is 7. The Morgan fingerprint density at radius 2 is 2.08 bits per heavy atom. The second kappa shape index (κ2) is 8.15. The molecule has 0 aromatic carbocycles. The summed E-state index contributed by atoms with van der Waals surface area (Å²) >= 11 is 0. The molecule has 0 spiro atoms. The quantitative estimate of drug-likeness (QED) is 0.412. The van der Waals surface area contributed by atoms with Gasteiger partial charge in [0, 0.05) is 18.6 Å². The third-order valence-corrected chi connectivity index (χ3v) is 5.02. The standard InChI is InChI=1S/C19H28O6/c1-10(2)18(22)24-9-13-8-14-16(12(4)19(23)25-14)17(21)15(13)11(3)6-5-7-20/h10-11,14,16-17,20-21H,4-9H2,1-3H3/t11-,14+,16-,17+/m0/s1. The highest BCUT2D eigenvalue weighted by molar-refractivity contribution is 5.91. The maximum absolute atomic E-state index is 11.8. The van der Waals surface area contributed by atoms with Crippen LogP contribution in [0.1, 0.15) is 40.0 Å². The van der Waals surface area contributed by atoms with E-state index in [1.54, 1.807) is 13.8 Å². The zero-order chi connectivity index (χ0) is 18.7. The highest BCUT2D eigenvalue weighted by Crippen LogP contribution is 2.43. The number of aliphatic hydroxyl groups is 2. The predicted molar refractivity (Wildman–Crippen MR) is 91.4 cm³/mol. The summed E-state index contributed by atoms with van der Waals surface area (Å²) in [4.78, 5) is 23.6. The molecule has 0 aromatic heterocycles. The zero-order valence-electron chi connectivity index (χ0n) is 15.2. The van der Waals surface area contributed by atoms with Crippen molar-refractivity contribution in [2.24, 2.45) is 17.8 Å². The Morgan fingerprint density at radius 3 is 2.68 bits per heavy atom. The third kappa shape index (κ3) is 4.12.